The highest BCUT2D eigenvalue weighted by atomic mass is 16.5. The van der Waals surface area contributed by atoms with E-state index < -0.39 is 0 Å². The maximum Gasteiger partial charge on any atom is 0.194 e. The van der Waals surface area contributed by atoms with Crippen LogP contribution in [0.25, 0.3) is 0 Å². The summed E-state index contributed by atoms with van der Waals surface area (Å²) < 4.78 is 10.1. The van der Waals surface area contributed by atoms with Gasteiger partial charge in [0.05, 0.1) is 25.2 Å². The van der Waals surface area contributed by atoms with Gasteiger partial charge in [-0.3, -0.25) is 0 Å². The zero-order valence-electron chi connectivity index (χ0n) is 6.25. The van der Waals surface area contributed by atoms with E-state index in [1.54, 1.807) is 6.26 Å². The van der Waals surface area contributed by atoms with Crippen molar-refractivity contribution in [3.8, 4) is 0 Å². The van der Waals surface area contributed by atoms with Crippen molar-refractivity contribution in [3.63, 3.8) is 0 Å². The van der Waals surface area contributed by atoms with Gasteiger partial charge in [0.25, 0.3) is 0 Å². The van der Waals surface area contributed by atoms with Crippen LogP contribution in [0.15, 0.2) is 16.7 Å². The molecule has 1 radical (unpaired) electrons. The van der Waals surface area contributed by atoms with Gasteiger partial charge in [-0.15, -0.1) is 0 Å². The van der Waals surface area contributed by atoms with Crippen molar-refractivity contribution in [1.82, 2.24) is 0 Å². The van der Waals surface area contributed by atoms with Crippen molar-refractivity contribution in [3.05, 3.63) is 18.6 Å². The first-order valence-electron chi connectivity index (χ1n) is 3.75. The lowest BCUT2D eigenvalue weighted by Gasteiger charge is -2.26. The molecule has 0 unspecified atom stereocenters. The fourth-order valence-electron chi connectivity index (χ4n) is 1.20. The van der Waals surface area contributed by atoms with Gasteiger partial charge >= 0.3 is 0 Å². The Bertz CT molecular complexity index is 202. The van der Waals surface area contributed by atoms with Crippen LogP contribution < -0.4 is 4.90 Å². The van der Waals surface area contributed by atoms with E-state index >= 15 is 0 Å². The van der Waals surface area contributed by atoms with Gasteiger partial charge in [-0.05, 0) is 0 Å². The van der Waals surface area contributed by atoms with E-state index in [2.05, 4.69) is 11.2 Å². The van der Waals surface area contributed by atoms with Crippen LogP contribution in [0.2, 0.25) is 0 Å². The van der Waals surface area contributed by atoms with E-state index in [9.17, 15) is 0 Å². The van der Waals surface area contributed by atoms with Crippen molar-refractivity contribution in [2.24, 2.45) is 0 Å². The molecule has 1 aromatic rings. The molecule has 0 amide bonds. The number of morpholine rings is 1. The second kappa shape index (κ2) is 2.96. The highest BCUT2D eigenvalue weighted by Gasteiger charge is 2.11. The van der Waals surface area contributed by atoms with Gasteiger partial charge in [-0.25, -0.2) is 0 Å². The molecule has 59 valence electrons. The van der Waals surface area contributed by atoms with Crippen LogP contribution in [-0.2, 0) is 4.74 Å². The van der Waals surface area contributed by atoms with Crippen LogP contribution in [0.5, 0.6) is 0 Å². The molecule has 3 nitrogen and oxygen atoms in total. The quantitative estimate of drug-likeness (QED) is 0.598. The Morgan fingerprint density at radius 2 is 2.18 bits per heavy atom. The van der Waals surface area contributed by atoms with Crippen molar-refractivity contribution in [2.45, 2.75) is 0 Å². The standard InChI is InChI=1S/C8H10NO2/c1-4-11-7-8(1)9-2-5-10-6-3-9/h1,4H,2-3,5-6H2. The number of ether oxygens (including phenoxy) is 1. The summed E-state index contributed by atoms with van der Waals surface area (Å²) in [7, 11) is 0. The second-order valence-electron chi connectivity index (χ2n) is 2.51. The Morgan fingerprint density at radius 1 is 1.36 bits per heavy atom. The minimum atomic E-state index is 0.805. The Labute approximate surface area is 65.6 Å². The summed E-state index contributed by atoms with van der Waals surface area (Å²) in [5.41, 5.74) is 1.04. The number of hydrogen-bond acceptors (Lipinski definition) is 3. The summed E-state index contributed by atoms with van der Waals surface area (Å²) >= 11 is 0. The molecule has 0 aliphatic carbocycles. The monoisotopic (exact) mass is 152 g/mol. The number of rotatable bonds is 1. The average Bonchev–Trinajstić information content (AvgIpc) is 2.58. The highest BCUT2D eigenvalue weighted by Crippen LogP contribution is 2.14. The van der Waals surface area contributed by atoms with Gasteiger partial charge in [0, 0.05) is 19.2 Å². The SMILES string of the molecule is [c]1occc1N1CCOCC1. The Balaban J connectivity index is 2.04. The molecular formula is C8H10NO2. The van der Waals surface area contributed by atoms with Crippen molar-refractivity contribution < 1.29 is 9.15 Å². The second-order valence-corrected chi connectivity index (χ2v) is 2.51. The highest BCUT2D eigenvalue weighted by molar-refractivity contribution is 5.41. The summed E-state index contributed by atoms with van der Waals surface area (Å²) in [5.74, 6) is 0. The van der Waals surface area contributed by atoms with E-state index in [0.29, 0.717) is 0 Å². The smallest absolute Gasteiger partial charge is 0.194 e. The van der Waals surface area contributed by atoms with Crippen LogP contribution in [0, 0.1) is 6.26 Å². The predicted octanol–water partition coefficient (Wildman–Crippen LogP) is 0.916. The molecule has 1 aromatic heterocycles. The third-order valence-electron chi connectivity index (χ3n) is 1.81. The molecule has 0 N–H and O–H groups in total. The molecule has 2 heterocycles. The first-order valence-corrected chi connectivity index (χ1v) is 3.75. The summed E-state index contributed by atoms with van der Waals surface area (Å²) in [6.07, 6.45) is 4.45. The molecule has 0 aromatic carbocycles. The van der Waals surface area contributed by atoms with Gasteiger partial charge in [0.2, 0.25) is 0 Å². The van der Waals surface area contributed by atoms with Crippen LogP contribution in [0.4, 0.5) is 5.69 Å². The fraction of sp³-hybridized carbons (Fsp3) is 0.500. The lowest BCUT2D eigenvalue weighted by Crippen LogP contribution is -2.35. The third kappa shape index (κ3) is 1.38. The number of hydrogen-bond donors (Lipinski definition) is 0. The molecule has 1 fully saturated rings. The van der Waals surface area contributed by atoms with Gasteiger partial charge < -0.3 is 14.1 Å². The number of furan rings is 1. The van der Waals surface area contributed by atoms with Gasteiger partial charge in [-0.1, -0.05) is 0 Å². The van der Waals surface area contributed by atoms with Crippen LogP contribution in [0.1, 0.15) is 0 Å². The van der Waals surface area contributed by atoms with Gasteiger partial charge in [0.1, 0.15) is 0 Å². The lowest BCUT2D eigenvalue weighted by molar-refractivity contribution is 0.122. The minimum Gasteiger partial charge on any atom is -0.459 e. The van der Waals surface area contributed by atoms with Gasteiger partial charge in [-0.2, -0.15) is 0 Å². The molecule has 0 bridgehead atoms. The zero-order chi connectivity index (χ0) is 7.52. The fourth-order valence-corrected chi connectivity index (χ4v) is 1.20. The van der Waals surface area contributed by atoms with Crippen molar-refractivity contribution in [2.75, 3.05) is 31.2 Å². The molecule has 11 heavy (non-hydrogen) atoms. The summed E-state index contributed by atoms with van der Waals surface area (Å²) in [6, 6.07) is 1.92. The maximum absolute atomic E-state index is 5.21. The first-order chi connectivity index (χ1) is 5.47. The van der Waals surface area contributed by atoms with Gasteiger partial charge in [0.15, 0.2) is 6.26 Å². The molecule has 1 aliphatic heterocycles. The molecule has 2 rings (SSSR count). The summed E-state index contributed by atoms with van der Waals surface area (Å²) in [6.45, 7) is 3.49. The van der Waals surface area contributed by atoms with Crippen molar-refractivity contribution in [1.29, 1.82) is 0 Å². The Hall–Kier alpha value is -0.960. The van der Waals surface area contributed by atoms with Crippen LogP contribution in [-0.4, -0.2) is 26.3 Å². The van der Waals surface area contributed by atoms with Crippen LogP contribution in [0.3, 0.4) is 0 Å². The maximum atomic E-state index is 5.21. The largest absolute Gasteiger partial charge is 0.459 e. The summed E-state index contributed by atoms with van der Waals surface area (Å²) in [4.78, 5) is 2.20. The van der Waals surface area contributed by atoms with E-state index in [4.69, 9.17) is 9.15 Å². The van der Waals surface area contributed by atoms with Crippen molar-refractivity contribution >= 4 is 5.69 Å². The first kappa shape index (κ1) is 6.73. The Kier molecular flexibility index (Phi) is 1.81. The molecule has 1 saturated heterocycles. The van der Waals surface area contributed by atoms with E-state index in [0.717, 1.165) is 32.0 Å². The normalized spacial score (nSPS) is 18.7. The zero-order valence-corrected chi connectivity index (χ0v) is 6.25. The minimum absolute atomic E-state index is 0.805. The van der Waals surface area contributed by atoms with E-state index in [1.165, 1.54) is 0 Å². The topological polar surface area (TPSA) is 25.6 Å². The molecule has 0 saturated carbocycles. The lowest BCUT2D eigenvalue weighted by atomic mass is 10.4. The molecule has 1 aliphatic rings. The summed E-state index contributed by atoms with van der Waals surface area (Å²) in [5, 5.41) is 0. The van der Waals surface area contributed by atoms with E-state index in [-0.39, 0.29) is 0 Å². The Morgan fingerprint density at radius 3 is 2.82 bits per heavy atom. The average molecular weight is 152 g/mol. The number of anilines is 1. The van der Waals surface area contributed by atoms with Crippen LogP contribution >= 0.6 is 0 Å². The molecule has 3 heteroatoms. The predicted molar refractivity (Wildman–Crippen MR) is 40.6 cm³/mol. The molecule has 0 spiro atoms. The molecule has 0 atom stereocenters. The van der Waals surface area contributed by atoms with E-state index in [1.807, 2.05) is 6.07 Å². The third-order valence-corrected chi connectivity index (χ3v) is 1.81. The molecular weight excluding hydrogens is 142 g/mol. The number of nitrogens with zero attached hydrogens (tertiary/aromatic N) is 1.